The predicted octanol–water partition coefficient (Wildman–Crippen LogP) is 5.70. The molecule has 1 spiro atoms. The van der Waals surface area contributed by atoms with Crippen molar-refractivity contribution in [2.45, 2.75) is 147 Å². The summed E-state index contributed by atoms with van der Waals surface area (Å²) >= 11 is 0. The quantitative estimate of drug-likeness (QED) is 0.491. The summed E-state index contributed by atoms with van der Waals surface area (Å²) in [5, 5.41) is 4.14. The molecule has 4 aliphatic carbocycles. The number of rotatable bonds is 5. The van der Waals surface area contributed by atoms with Gasteiger partial charge in [0.1, 0.15) is 5.60 Å². The highest BCUT2D eigenvalue weighted by Gasteiger charge is 2.69. The van der Waals surface area contributed by atoms with E-state index in [0.717, 1.165) is 45.2 Å². The highest BCUT2D eigenvalue weighted by molar-refractivity contribution is 5.76. The first-order chi connectivity index (χ1) is 17.5. The number of ether oxygens (including phenoxy) is 2. The van der Waals surface area contributed by atoms with Crippen LogP contribution < -0.4 is 5.32 Å². The van der Waals surface area contributed by atoms with Crippen LogP contribution in [0.3, 0.4) is 0 Å². The first kappa shape index (κ1) is 25.6. The van der Waals surface area contributed by atoms with Gasteiger partial charge in [0.05, 0.1) is 18.1 Å². The summed E-state index contributed by atoms with van der Waals surface area (Å²) in [6.45, 7) is 9.26. The topological polar surface area (TPSA) is 50.8 Å². The van der Waals surface area contributed by atoms with Crippen molar-refractivity contribution in [3.8, 4) is 0 Å². The van der Waals surface area contributed by atoms with Crippen LogP contribution in [0.1, 0.15) is 111 Å². The van der Waals surface area contributed by atoms with E-state index in [0.29, 0.717) is 41.8 Å². The van der Waals surface area contributed by atoms with Crippen molar-refractivity contribution in [1.82, 2.24) is 10.2 Å². The second-order valence-corrected chi connectivity index (χ2v) is 13.4. The smallest absolute Gasteiger partial charge is 0.309 e. The predicted molar refractivity (Wildman–Crippen MR) is 143 cm³/mol. The van der Waals surface area contributed by atoms with Crippen LogP contribution in [0.4, 0.5) is 0 Å². The van der Waals surface area contributed by atoms with E-state index in [-0.39, 0.29) is 29.7 Å². The monoisotopic (exact) mass is 500 g/mol. The molecule has 4 saturated carbocycles. The highest BCUT2D eigenvalue weighted by atomic mass is 16.6. The van der Waals surface area contributed by atoms with E-state index in [2.05, 4.69) is 31.0 Å². The Morgan fingerprint density at radius 2 is 1.56 bits per heavy atom. The van der Waals surface area contributed by atoms with Crippen molar-refractivity contribution in [2.75, 3.05) is 13.1 Å². The number of esters is 1. The summed E-state index contributed by atoms with van der Waals surface area (Å²) in [6.07, 6.45) is 17.7. The molecule has 204 valence electrons. The van der Waals surface area contributed by atoms with Crippen molar-refractivity contribution >= 4 is 5.97 Å². The Morgan fingerprint density at radius 3 is 2.33 bits per heavy atom. The van der Waals surface area contributed by atoms with E-state index < -0.39 is 0 Å². The number of hydrogen-bond acceptors (Lipinski definition) is 5. The molecule has 0 aromatic carbocycles. The number of carbonyl (C=O) groups is 1. The molecule has 10 atom stereocenters. The first-order valence-electron chi connectivity index (χ1n) is 15.9. The summed E-state index contributed by atoms with van der Waals surface area (Å²) in [5.74, 6) is 2.05. The summed E-state index contributed by atoms with van der Waals surface area (Å²) < 4.78 is 14.0. The van der Waals surface area contributed by atoms with Crippen molar-refractivity contribution < 1.29 is 14.3 Å². The van der Waals surface area contributed by atoms with Crippen LogP contribution in [0, 0.1) is 29.6 Å². The van der Waals surface area contributed by atoms with E-state index in [1.165, 1.54) is 57.8 Å². The van der Waals surface area contributed by atoms with E-state index in [1.54, 1.807) is 0 Å². The van der Waals surface area contributed by atoms with Crippen molar-refractivity contribution in [3.63, 3.8) is 0 Å². The number of hydrogen-bond donors (Lipinski definition) is 1. The van der Waals surface area contributed by atoms with E-state index in [4.69, 9.17) is 9.47 Å². The highest BCUT2D eigenvalue weighted by Crippen LogP contribution is 2.62. The molecule has 36 heavy (non-hydrogen) atoms. The lowest BCUT2D eigenvalue weighted by atomic mass is 9.53. The summed E-state index contributed by atoms with van der Waals surface area (Å²) in [6, 6.07) is 1.81. The number of fused-ring (bicyclic) bond motifs is 6. The molecular weight excluding hydrogens is 448 g/mol. The van der Waals surface area contributed by atoms with Gasteiger partial charge in [-0.15, -0.1) is 0 Å². The van der Waals surface area contributed by atoms with Gasteiger partial charge in [-0.1, -0.05) is 52.9 Å². The molecule has 0 bridgehead atoms. The summed E-state index contributed by atoms with van der Waals surface area (Å²) in [4.78, 5) is 16.1. The molecule has 6 aliphatic rings. The lowest BCUT2D eigenvalue weighted by molar-refractivity contribution is -0.265. The average molecular weight is 501 g/mol. The fourth-order valence-corrected chi connectivity index (χ4v) is 10.1. The molecule has 0 amide bonds. The Morgan fingerprint density at radius 1 is 0.833 bits per heavy atom. The Labute approximate surface area is 219 Å². The molecule has 0 radical (unpaired) electrons. The maximum absolute atomic E-state index is 13.5. The third-order valence-electron chi connectivity index (χ3n) is 11.8. The Hall–Kier alpha value is -0.650. The van der Waals surface area contributed by atoms with Gasteiger partial charge < -0.3 is 19.7 Å². The van der Waals surface area contributed by atoms with E-state index in [1.807, 2.05) is 0 Å². The minimum atomic E-state index is -0.281. The zero-order chi connectivity index (χ0) is 24.9. The molecule has 2 heterocycles. The largest absolute Gasteiger partial charge is 0.458 e. The first-order valence-corrected chi connectivity index (χ1v) is 15.9. The number of nitrogens with one attached hydrogen (secondary N) is 1. The second kappa shape index (κ2) is 10.5. The molecule has 6 fully saturated rings. The van der Waals surface area contributed by atoms with Crippen LogP contribution in [0.25, 0.3) is 0 Å². The van der Waals surface area contributed by atoms with Crippen LogP contribution in [-0.4, -0.2) is 59.9 Å². The van der Waals surface area contributed by atoms with Crippen LogP contribution in [-0.2, 0) is 14.3 Å². The molecular formula is C31H52N2O3. The van der Waals surface area contributed by atoms with Gasteiger partial charge >= 0.3 is 5.97 Å². The second-order valence-electron chi connectivity index (χ2n) is 13.4. The van der Waals surface area contributed by atoms with E-state index in [9.17, 15) is 4.79 Å². The van der Waals surface area contributed by atoms with E-state index >= 15 is 0 Å². The molecule has 0 aromatic rings. The lowest BCUT2D eigenvalue weighted by Gasteiger charge is -2.61. The van der Waals surface area contributed by atoms with Gasteiger partial charge in [-0.3, -0.25) is 4.79 Å². The zero-order valence-corrected chi connectivity index (χ0v) is 23.3. The van der Waals surface area contributed by atoms with Gasteiger partial charge in [0.2, 0.25) is 0 Å². The fraction of sp³-hybridized carbons (Fsp3) is 0.968. The summed E-state index contributed by atoms with van der Waals surface area (Å²) in [5.41, 5.74) is -0.281. The molecule has 5 heteroatoms. The van der Waals surface area contributed by atoms with Crippen LogP contribution in [0.5, 0.6) is 0 Å². The third-order valence-corrected chi connectivity index (χ3v) is 11.8. The fourth-order valence-electron chi connectivity index (χ4n) is 10.1. The molecule has 5 nitrogen and oxygen atoms in total. The molecule has 2 saturated heterocycles. The van der Waals surface area contributed by atoms with Crippen LogP contribution in [0.15, 0.2) is 0 Å². The van der Waals surface area contributed by atoms with Gasteiger partial charge in [-0.05, 0) is 76.8 Å². The van der Waals surface area contributed by atoms with Crippen LogP contribution >= 0.6 is 0 Å². The maximum Gasteiger partial charge on any atom is 0.309 e. The Balaban J connectivity index is 1.31. The van der Waals surface area contributed by atoms with Crippen LogP contribution in [0.2, 0.25) is 0 Å². The van der Waals surface area contributed by atoms with Crippen molar-refractivity contribution in [3.05, 3.63) is 0 Å². The van der Waals surface area contributed by atoms with Crippen molar-refractivity contribution in [2.24, 2.45) is 29.6 Å². The Bertz CT molecular complexity index is 780. The molecule has 10 unspecified atom stereocenters. The lowest BCUT2D eigenvalue weighted by Crippen LogP contribution is -2.68. The minimum Gasteiger partial charge on any atom is -0.458 e. The minimum absolute atomic E-state index is 0.139. The van der Waals surface area contributed by atoms with Crippen molar-refractivity contribution in [1.29, 1.82) is 0 Å². The third kappa shape index (κ3) is 4.28. The summed E-state index contributed by atoms with van der Waals surface area (Å²) in [7, 11) is 0. The Kier molecular flexibility index (Phi) is 7.46. The van der Waals surface area contributed by atoms with Gasteiger partial charge in [0.25, 0.3) is 0 Å². The van der Waals surface area contributed by atoms with Gasteiger partial charge in [-0.2, -0.15) is 0 Å². The normalized spacial score (nSPS) is 47.3. The molecule has 6 rings (SSSR count). The standard InChI is InChI=1S/C31H52N2O3/c1-4-33(5-2)22-15-16-25-29(18-22)35-28-17-20(3)27(32-21-11-7-6-8-12-21)19-26(28)31(25)24-14-10-9-13-23(24)30(34)36-31/h20-29,32H,4-19H2,1-3H3. The SMILES string of the molecule is CCN(CC)C1CCC2C(C1)OC1CC(C)C(NC3CCCCC3)CC1C21OC(=O)C2CCCCC21. The molecule has 1 N–H and O–H groups in total. The number of nitrogens with zero attached hydrogens (tertiary/aromatic N) is 1. The van der Waals surface area contributed by atoms with Gasteiger partial charge in [0, 0.05) is 35.9 Å². The molecule has 0 aromatic heterocycles. The molecule has 2 aliphatic heterocycles. The van der Waals surface area contributed by atoms with Gasteiger partial charge in [-0.25, -0.2) is 0 Å². The average Bonchev–Trinajstić information content (AvgIpc) is 3.19. The van der Waals surface area contributed by atoms with Gasteiger partial charge in [0.15, 0.2) is 0 Å². The number of carbonyl (C=O) groups excluding carboxylic acids is 1. The zero-order valence-electron chi connectivity index (χ0n) is 23.3. The maximum atomic E-state index is 13.5.